The molecule has 0 bridgehead atoms. The van der Waals surface area contributed by atoms with Gasteiger partial charge in [-0.2, -0.15) is 0 Å². The van der Waals surface area contributed by atoms with Crippen LogP contribution in [0.1, 0.15) is 20.3 Å². The predicted molar refractivity (Wildman–Crippen MR) is 63.9 cm³/mol. The Balaban J connectivity index is 2.65. The lowest BCUT2D eigenvalue weighted by atomic mass is 9.93. The smallest absolute Gasteiger partial charge is 0.0446 e. The van der Waals surface area contributed by atoms with Gasteiger partial charge in [0.05, 0.1) is 0 Å². The SMILES string of the molecule is C=CCN1CC(C)(C)CNCC1CCO. The minimum atomic E-state index is 0.264. The van der Waals surface area contributed by atoms with E-state index in [-0.39, 0.29) is 6.61 Å². The van der Waals surface area contributed by atoms with E-state index in [2.05, 4.69) is 30.6 Å². The number of aliphatic hydroxyl groups is 1. The van der Waals surface area contributed by atoms with E-state index in [1.54, 1.807) is 0 Å². The summed E-state index contributed by atoms with van der Waals surface area (Å²) in [6.07, 6.45) is 2.79. The summed E-state index contributed by atoms with van der Waals surface area (Å²) in [7, 11) is 0. The molecule has 0 aromatic heterocycles. The number of hydrogen-bond acceptors (Lipinski definition) is 3. The van der Waals surface area contributed by atoms with Crippen molar-refractivity contribution in [2.24, 2.45) is 5.41 Å². The Kier molecular flexibility index (Phi) is 4.77. The van der Waals surface area contributed by atoms with Gasteiger partial charge in [0.1, 0.15) is 0 Å². The molecule has 1 atom stereocenters. The van der Waals surface area contributed by atoms with Crippen molar-refractivity contribution in [2.45, 2.75) is 26.3 Å². The van der Waals surface area contributed by atoms with Crippen LogP contribution >= 0.6 is 0 Å². The van der Waals surface area contributed by atoms with Crippen molar-refractivity contribution in [1.82, 2.24) is 10.2 Å². The summed E-state index contributed by atoms with van der Waals surface area (Å²) in [5, 5.41) is 12.5. The van der Waals surface area contributed by atoms with Gasteiger partial charge in [-0.15, -0.1) is 6.58 Å². The van der Waals surface area contributed by atoms with E-state index in [4.69, 9.17) is 5.11 Å². The second-order valence-electron chi connectivity index (χ2n) is 5.18. The Morgan fingerprint density at radius 3 is 2.93 bits per heavy atom. The Bertz CT molecular complexity index is 204. The highest BCUT2D eigenvalue weighted by molar-refractivity contribution is 4.89. The van der Waals surface area contributed by atoms with Crippen molar-refractivity contribution in [3.8, 4) is 0 Å². The van der Waals surface area contributed by atoms with Gasteiger partial charge < -0.3 is 10.4 Å². The average Bonchev–Trinajstić information content (AvgIpc) is 2.27. The molecule has 1 fully saturated rings. The third-order valence-electron chi connectivity index (χ3n) is 2.96. The molecule has 1 unspecified atom stereocenters. The van der Waals surface area contributed by atoms with Gasteiger partial charge in [0.2, 0.25) is 0 Å². The fraction of sp³-hybridized carbons (Fsp3) is 0.833. The standard InChI is InChI=1S/C12H24N2O/c1-4-6-14-10-12(2,3)9-13-8-11(14)5-7-15/h4,11,13,15H,1,5-10H2,2-3H3. The molecular weight excluding hydrogens is 188 g/mol. The van der Waals surface area contributed by atoms with Crippen LogP contribution in [0.15, 0.2) is 12.7 Å². The van der Waals surface area contributed by atoms with Crippen molar-refractivity contribution in [1.29, 1.82) is 0 Å². The van der Waals surface area contributed by atoms with E-state index in [0.29, 0.717) is 11.5 Å². The Labute approximate surface area is 93.2 Å². The van der Waals surface area contributed by atoms with Crippen LogP contribution in [0, 0.1) is 5.41 Å². The molecule has 3 nitrogen and oxygen atoms in total. The molecule has 2 N–H and O–H groups in total. The highest BCUT2D eigenvalue weighted by Gasteiger charge is 2.29. The molecule has 0 saturated carbocycles. The molecule has 3 heteroatoms. The molecule has 1 rings (SSSR count). The summed E-state index contributed by atoms with van der Waals surface area (Å²) in [5.41, 5.74) is 0.299. The van der Waals surface area contributed by atoms with Gasteiger partial charge in [-0.05, 0) is 11.8 Å². The first-order chi connectivity index (χ1) is 7.09. The molecule has 0 amide bonds. The molecule has 15 heavy (non-hydrogen) atoms. The van der Waals surface area contributed by atoms with Crippen molar-refractivity contribution < 1.29 is 5.11 Å². The summed E-state index contributed by atoms with van der Waals surface area (Å²) in [6, 6.07) is 0.440. The molecule has 0 aliphatic carbocycles. The summed E-state index contributed by atoms with van der Waals surface area (Å²) in [6.45, 7) is 12.6. The van der Waals surface area contributed by atoms with Gasteiger partial charge in [0.25, 0.3) is 0 Å². The highest BCUT2D eigenvalue weighted by Crippen LogP contribution is 2.21. The van der Waals surface area contributed by atoms with Crippen LogP contribution in [-0.4, -0.2) is 48.8 Å². The van der Waals surface area contributed by atoms with Gasteiger partial charge in [0.15, 0.2) is 0 Å². The van der Waals surface area contributed by atoms with E-state index >= 15 is 0 Å². The van der Waals surface area contributed by atoms with Gasteiger partial charge in [-0.1, -0.05) is 19.9 Å². The molecular formula is C12H24N2O. The minimum Gasteiger partial charge on any atom is -0.396 e. The number of nitrogens with zero attached hydrogens (tertiary/aromatic N) is 1. The molecule has 0 aromatic carbocycles. The van der Waals surface area contributed by atoms with Crippen LogP contribution in [0.5, 0.6) is 0 Å². The fourth-order valence-electron chi connectivity index (χ4n) is 2.25. The number of nitrogens with one attached hydrogen (secondary N) is 1. The number of hydrogen-bond donors (Lipinski definition) is 2. The Morgan fingerprint density at radius 1 is 1.60 bits per heavy atom. The van der Waals surface area contributed by atoms with Crippen LogP contribution in [0.2, 0.25) is 0 Å². The first-order valence-electron chi connectivity index (χ1n) is 5.75. The summed E-state index contributed by atoms with van der Waals surface area (Å²) < 4.78 is 0. The topological polar surface area (TPSA) is 35.5 Å². The first-order valence-corrected chi connectivity index (χ1v) is 5.75. The van der Waals surface area contributed by atoms with E-state index in [9.17, 15) is 0 Å². The largest absolute Gasteiger partial charge is 0.396 e. The first kappa shape index (κ1) is 12.7. The normalized spacial score (nSPS) is 27.3. The van der Waals surface area contributed by atoms with E-state index in [0.717, 1.165) is 32.6 Å². The zero-order valence-corrected chi connectivity index (χ0v) is 10.00. The quantitative estimate of drug-likeness (QED) is 0.678. The third-order valence-corrected chi connectivity index (χ3v) is 2.96. The Hall–Kier alpha value is -0.380. The summed E-state index contributed by atoms with van der Waals surface area (Å²) in [4.78, 5) is 2.42. The van der Waals surface area contributed by atoms with Crippen LogP contribution in [0.25, 0.3) is 0 Å². The fourth-order valence-corrected chi connectivity index (χ4v) is 2.25. The molecule has 0 spiro atoms. The summed E-state index contributed by atoms with van der Waals surface area (Å²) >= 11 is 0. The van der Waals surface area contributed by atoms with Crippen molar-refractivity contribution in [3.05, 3.63) is 12.7 Å². The van der Waals surface area contributed by atoms with Crippen molar-refractivity contribution in [3.63, 3.8) is 0 Å². The molecule has 0 aromatic rings. The highest BCUT2D eigenvalue weighted by atomic mass is 16.3. The van der Waals surface area contributed by atoms with E-state index < -0.39 is 0 Å². The monoisotopic (exact) mass is 212 g/mol. The maximum atomic E-state index is 9.05. The molecule has 88 valence electrons. The zero-order valence-electron chi connectivity index (χ0n) is 10.00. The maximum absolute atomic E-state index is 9.05. The minimum absolute atomic E-state index is 0.264. The molecule has 1 aliphatic heterocycles. The van der Waals surface area contributed by atoms with Gasteiger partial charge in [-0.3, -0.25) is 4.90 Å². The molecule has 1 saturated heterocycles. The number of aliphatic hydroxyl groups excluding tert-OH is 1. The van der Waals surface area contributed by atoms with Crippen LogP contribution in [0.3, 0.4) is 0 Å². The van der Waals surface area contributed by atoms with Crippen LogP contribution in [0.4, 0.5) is 0 Å². The lowest BCUT2D eigenvalue weighted by molar-refractivity contribution is 0.146. The van der Waals surface area contributed by atoms with Crippen LogP contribution < -0.4 is 5.32 Å². The summed E-state index contributed by atoms with van der Waals surface area (Å²) in [5.74, 6) is 0. The molecule has 0 radical (unpaired) electrons. The van der Waals surface area contributed by atoms with Gasteiger partial charge in [0, 0.05) is 38.8 Å². The third kappa shape index (κ3) is 3.93. The lowest BCUT2D eigenvalue weighted by Crippen LogP contribution is -2.42. The second kappa shape index (κ2) is 5.64. The maximum Gasteiger partial charge on any atom is 0.0446 e. The zero-order chi connectivity index (χ0) is 11.3. The van der Waals surface area contributed by atoms with E-state index in [1.807, 2.05) is 6.08 Å². The average molecular weight is 212 g/mol. The Morgan fingerprint density at radius 2 is 2.33 bits per heavy atom. The van der Waals surface area contributed by atoms with Crippen molar-refractivity contribution >= 4 is 0 Å². The number of rotatable bonds is 4. The van der Waals surface area contributed by atoms with E-state index in [1.165, 1.54) is 0 Å². The predicted octanol–water partition coefficient (Wildman–Crippen LogP) is 0.855. The van der Waals surface area contributed by atoms with Crippen molar-refractivity contribution in [2.75, 3.05) is 32.8 Å². The second-order valence-corrected chi connectivity index (χ2v) is 5.18. The lowest BCUT2D eigenvalue weighted by Gasteiger charge is -2.32. The van der Waals surface area contributed by atoms with Gasteiger partial charge in [-0.25, -0.2) is 0 Å². The molecule has 1 heterocycles. The molecule has 1 aliphatic rings. The van der Waals surface area contributed by atoms with Gasteiger partial charge >= 0.3 is 0 Å². The van der Waals surface area contributed by atoms with Crippen LogP contribution in [-0.2, 0) is 0 Å².